The number of hydrogen-bond acceptors (Lipinski definition) is 6. The van der Waals surface area contributed by atoms with Crippen LogP contribution in [0.25, 0.3) is 0 Å². The minimum atomic E-state index is -0.493. The molecule has 2 amide bonds. The van der Waals surface area contributed by atoms with Gasteiger partial charge >= 0.3 is 5.97 Å². The molecule has 3 aliphatic heterocycles. The Labute approximate surface area is 201 Å². The molecular formula is C25H37N3O6. The summed E-state index contributed by atoms with van der Waals surface area (Å²) in [4.78, 5) is 45.2. The summed E-state index contributed by atoms with van der Waals surface area (Å²) in [6.07, 6.45) is 3.96. The minimum absolute atomic E-state index is 0.0561. The van der Waals surface area contributed by atoms with Crippen LogP contribution in [0.2, 0.25) is 0 Å². The summed E-state index contributed by atoms with van der Waals surface area (Å²) in [7, 11) is 0. The van der Waals surface area contributed by atoms with Gasteiger partial charge in [-0.25, -0.2) is 4.79 Å². The van der Waals surface area contributed by atoms with Gasteiger partial charge in [-0.2, -0.15) is 0 Å². The van der Waals surface area contributed by atoms with E-state index < -0.39 is 5.79 Å². The fraction of sp³-hybridized carbons (Fsp3) is 0.720. The van der Waals surface area contributed by atoms with Gasteiger partial charge in [-0.1, -0.05) is 0 Å². The number of nitrogens with zero attached hydrogens (tertiary/aromatic N) is 2. The SMILES string of the molecule is CCOC(=O)c1[nH]c(C)c(CCC(=O)N2CCCC(C(=O)N3CCC4(CC3)OCCO4)C2)c1C. The number of rotatable bonds is 6. The second-order valence-corrected chi connectivity index (χ2v) is 9.56. The molecule has 0 aromatic carbocycles. The molecule has 0 saturated carbocycles. The van der Waals surface area contributed by atoms with E-state index in [0.717, 1.165) is 29.7 Å². The normalized spacial score (nSPS) is 22.3. The Morgan fingerprint density at radius 3 is 2.47 bits per heavy atom. The topological polar surface area (TPSA) is 101 Å². The van der Waals surface area contributed by atoms with Gasteiger partial charge in [-0.3, -0.25) is 9.59 Å². The molecule has 0 bridgehead atoms. The number of H-pyrrole nitrogens is 1. The molecule has 0 aliphatic carbocycles. The zero-order valence-corrected chi connectivity index (χ0v) is 20.6. The van der Waals surface area contributed by atoms with Gasteiger partial charge in [-0.15, -0.1) is 0 Å². The largest absolute Gasteiger partial charge is 0.461 e. The number of carbonyl (C=O) groups is 3. The minimum Gasteiger partial charge on any atom is -0.461 e. The number of aryl methyl sites for hydroxylation is 1. The van der Waals surface area contributed by atoms with Gasteiger partial charge in [0.25, 0.3) is 0 Å². The predicted molar refractivity (Wildman–Crippen MR) is 124 cm³/mol. The number of ether oxygens (including phenoxy) is 3. The zero-order chi connectivity index (χ0) is 24.3. The van der Waals surface area contributed by atoms with E-state index in [1.165, 1.54) is 0 Å². The lowest BCUT2D eigenvalue weighted by atomic mass is 9.94. The fourth-order valence-electron chi connectivity index (χ4n) is 5.48. The van der Waals surface area contributed by atoms with Crippen molar-refractivity contribution < 1.29 is 28.6 Å². The number of carbonyl (C=O) groups excluding carboxylic acids is 3. The van der Waals surface area contributed by atoms with Crippen molar-refractivity contribution in [1.82, 2.24) is 14.8 Å². The molecule has 0 radical (unpaired) electrons. The standard InChI is InChI=1S/C25H37N3O6/c1-4-32-24(31)22-17(2)20(18(3)26-22)7-8-21(29)28-11-5-6-19(16-28)23(30)27-12-9-25(10-13-27)33-14-15-34-25/h19,26H,4-16H2,1-3H3. The van der Waals surface area contributed by atoms with E-state index in [1.54, 1.807) is 6.92 Å². The Bertz CT molecular complexity index is 910. The van der Waals surface area contributed by atoms with E-state index in [1.807, 2.05) is 23.6 Å². The molecule has 1 aromatic rings. The predicted octanol–water partition coefficient (Wildman–Crippen LogP) is 2.34. The molecule has 188 valence electrons. The Morgan fingerprint density at radius 2 is 1.79 bits per heavy atom. The van der Waals surface area contributed by atoms with Crippen LogP contribution in [-0.2, 0) is 30.2 Å². The van der Waals surface area contributed by atoms with Gasteiger partial charge in [0.1, 0.15) is 5.69 Å². The smallest absolute Gasteiger partial charge is 0.355 e. The van der Waals surface area contributed by atoms with Crippen molar-refractivity contribution in [1.29, 1.82) is 0 Å². The van der Waals surface area contributed by atoms with E-state index in [0.29, 0.717) is 77.4 Å². The Balaban J connectivity index is 1.30. The lowest BCUT2D eigenvalue weighted by molar-refractivity contribution is -0.188. The fourth-order valence-corrected chi connectivity index (χ4v) is 5.48. The molecule has 1 unspecified atom stereocenters. The van der Waals surface area contributed by atoms with Gasteiger partial charge in [0.05, 0.1) is 25.7 Å². The second-order valence-electron chi connectivity index (χ2n) is 9.56. The maximum absolute atomic E-state index is 13.2. The molecular weight excluding hydrogens is 438 g/mol. The molecule has 34 heavy (non-hydrogen) atoms. The first-order valence-corrected chi connectivity index (χ1v) is 12.5. The zero-order valence-electron chi connectivity index (χ0n) is 20.6. The first-order chi connectivity index (χ1) is 16.3. The molecule has 9 heteroatoms. The number of piperidine rings is 2. The van der Waals surface area contributed by atoms with Gasteiger partial charge < -0.3 is 29.0 Å². The molecule has 1 N–H and O–H groups in total. The number of aromatic nitrogens is 1. The van der Waals surface area contributed by atoms with Crippen LogP contribution in [0.3, 0.4) is 0 Å². The monoisotopic (exact) mass is 475 g/mol. The number of amides is 2. The van der Waals surface area contributed by atoms with Crippen molar-refractivity contribution in [2.75, 3.05) is 46.0 Å². The van der Waals surface area contributed by atoms with E-state index in [9.17, 15) is 14.4 Å². The third-order valence-electron chi connectivity index (χ3n) is 7.44. The summed E-state index contributed by atoms with van der Waals surface area (Å²) in [5, 5.41) is 0. The molecule has 3 aliphatic rings. The molecule has 4 rings (SSSR count). The summed E-state index contributed by atoms with van der Waals surface area (Å²) in [5.41, 5.74) is 3.17. The van der Waals surface area contributed by atoms with Crippen LogP contribution in [0.15, 0.2) is 0 Å². The van der Waals surface area contributed by atoms with Crippen LogP contribution in [0.4, 0.5) is 0 Å². The van der Waals surface area contributed by atoms with Crippen molar-refractivity contribution in [2.45, 2.75) is 65.1 Å². The molecule has 3 saturated heterocycles. The van der Waals surface area contributed by atoms with Crippen LogP contribution in [0, 0.1) is 19.8 Å². The van der Waals surface area contributed by atoms with Crippen molar-refractivity contribution >= 4 is 17.8 Å². The van der Waals surface area contributed by atoms with Gasteiger partial charge in [0.15, 0.2) is 5.79 Å². The number of likely N-dealkylation sites (tertiary alicyclic amines) is 2. The van der Waals surface area contributed by atoms with E-state index in [-0.39, 0.29) is 23.7 Å². The van der Waals surface area contributed by atoms with Crippen LogP contribution < -0.4 is 0 Å². The highest BCUT2D eigenvalue weighted by Crippen LogP contribution is 2.32. The number of nitrogens with one attached hydrogen (secondary N) is 1. The van der Waals surface area contributed by atoms with Crippen LogP contribution in [-0.4, -0.2) is 84.4 Å². The van der Waals surface area contributed by atoms with Crippen LogP contribution in [0.5, 0.6) is 0 Å². The number of aromatic amines is 1. The Hall–Kier alpha value is -2.39. The van der Waals surface area contributed by atoms with Crippen LogP contribution in [0.1, 0.15) is 66.3 Å². The van der Waals surface area contributed by atoms with Crippen molar-refractivity contribution in [3.63, 3.8) is 0 Å². The lowest BCUT2D eigenvalue weighted by Crippen LogP contribution is -2.51. The summed E-state index contributed by atoms with van der Waals surface area (Å²) >= 11 is 0. The van der Waals surface area contributed by atoms with Gasteiger partial charge in [0.2, 0.25) is 11.8 Å². The highest BCUT2D eigenvalue weighted by Gasteiger charge is 2.42. The Kier molecular flexibility index (Phi) is 7.62. The average molecular weight is 476 g/mol. The van der Waals surface area contributed by atoms with Crippen molar-refractivity contribution in [3.05, 3.63) is 22.5 Å². The molecule has 1 spiro atoms. The number of esters is 1. The maximum atomic E-state index is 13.2. The first kappa shape index (κ1) is 24.7. The molecule has 4 heterocycles. The highest BCUT2D eigenvalue weighted by atomic mass is 16.7. The number of hydrogen-bond donors (Lipinski definition) is 1. The second kappa shape index (κ2) is 10.5. The third-order valence-corrected chi connectivity index (χ3v) is 7.44. The van der Waals surface area contributed by atoms with Crippen molar-refractivity contribution in [2.24, 2.45) is 5.92 Å². The van der Waals surface area contributed by atoms with E-state index in [2.05, 4.69) is 4.98 Å². The quantitative estimate of drug-likeness (QED) is 0.634. The third kappa shape index (κ3) is 5.15. The average Bonchev–Trinajstić information content (AvgIpc) is 3.41. The molecule has 9 nitrogen and oxygen atoms in total. The lowest BCUT2D eigenvalue weighted by Gasteiger charge is -2.40. The van der Waals surface area contributed by atoms with E-state index in [4.69, 9.17) is 14.2 Å². The highest BCUT2D eigenvalue weighted by molar-refractivity contribution is 5.90. The van der Waals surface area contributed by atoms with Crippen molar-refractivity contribution in [3.8, 4) is 0 Å². The summed E-state index contributed by atoms with van der Waals surface area (Å²) in [5.74, 6) is -0.814. The summed E-state index contributed by atoms with van der Waals surface area (Å²) in [6.45, 7) is 9.58. The Morgan fingerprint density at radius 1 is 1.09 bits per heavy atom. The molecule has 1 atom stereocenters. The summed E-state index contributed by atoms with van der Waals surface area (Å²) < 4.78 is 16.7. The van der Waals surface area contributed by atoms with Gasteiger partial charge in [0, 0.05) is 51.1 Å². The van der Waals surface area contributed by atoms with E-state index >= 15 is 0 Å². The first-order valence-electron chi connectivity index (χ1n) is 12.5. The molecule has 3 fully saturated rings. The molecule has 1 aromatic heterocycles. The van der Waals surface area contributed by atoms with Crippen LogP contribution >= 0.6 is 0 Å². The maximum Gasteiger partial charge on any atom is 0.355 e. The summed E-state index contributed by atoms with van der Waals surface area (Å²) in [6, 6.07) is 0. The van der Waals surface area contributed by atoms with Gasteiger partial charge in [-0.05, 0) is 51.2 Å².